The van der Waals surface area contributed by atoms with Gasteiger partial charge in [-0.2, -0.15) is 5.10 Å². The topological polar surface area (TPSA) is 79.7 Å². The van der Waals surface area contributed by atoms with E-state index >= 15 is 0 Å². The summed E-state index contributed by atoms with van der Waals surface area (Å²) in [5.41, 5.74) is 4.66. The van der Waals surface area contributed by atoms with Gasteiger partial charge in [-0.1, -0.05) is 30.9 Å². The van der Waals surface area contributed by atoms with Crippen LogP contribution in [0, 0.1) is 6.92 Å². The van der Waals surface area contributed by atoms with Crippen molar-refractivity contribution in [2.24, 2.45) is 0 Å². The summed E-state index contributed by atoms with van der Waals surface area (Å²) in [5, 5.41) is 4.84. The van der Waals surface area contributed by atoms with E-state index in [2.05, 4.69) is 6.58 Å². The lowest BCUT2D eigenvalue weighted by Crippen LogP contribution is -2.03. The van der Waals surface area contributed by atoms with Crippen molar-refractivity contribution in [3.8, 4) is 28.4 Å². The van der Waals surface area contributed by atoms with Crippen LogP contribution in [0.4, 0.5) is 0 Å². The molecule has 7 heteroatoms. The first-order valence-electron chi connectivity index (χ1n) is 11.6. The van der Waals surface area contributed by atoms with Crippen LogP contribution in [0.3, 0.4) is 0 Å². The van der Waals surface area contributed by atoms with E-state index in [1.807, 2.05) is 61.7 Å². The number of hydrogen-bond donors (Lipinski definition) is 0. The Morgan fingerprint density at radius 2 is 1.92 bits per heavy atom. The Bertz CT molecular complexity index is 1550. The van der Waals surface area contributed by atoms with Crippen LogP contribution in [0.15, 0.2) is 91.3 Å². The summed E-state index contributed by atoms with van der Waals surface area (Å²) in [6, 6.07) is 20.2. The third-order valence-corrected chi connectivity index (χ3v) is 5.94. The van der Waals surface area contributed by atoms with Gasteiger partial charge in [0.25, 0.3) is 0 Å². The van der Waals surface area contributed by atoms with Gasteiger partial charge in [0.2, 0.25) is 5.78 Å². The molecule has 37 heavy (non-hydrogen) atoms. The number of ketones is 1. The Labute approximate surface area is 214 Å². The highest BCUT2D eigenvalue weighted by atomic mass is 16.5. The molecule has 0 aliphatic carbocycles. The molecule has 2 heterocycles. The molecule has 0 unspecified atom stereocenters. The number of fused-ring (bicyclic) bond motifs is 1. The third-order valence-electron chi connectivity index (χ3n) is 5.94. The lowest BCUT2D eigenvalue weighted by Gasteiger charge is -2.09. The number of aryl methyl sites for hydroxylation is 1. The van der Waals surface area contributed by atoms with Crippen molar-refractivity contribution in [3.05, 3.63) is 114 Å². The van der Waals surface area contributed by atoms with Crippen LogP contribution in [-0.2, 0) is 4.74 Å². The average Bonchev–Trinajstić information content (AvgIpc) is 3.49. The molecular formula is C30H24N2O5. The second-order valence-electron chi connectivity index (χ2n) is 8.44. The summed E-state index contributed by atoms with van der Waals surface area (Å²) in [6.45, 7) is 6.08. The molecule has 0 radical (unpaired) electrons. The van der Waals surface area contributed by atoms with Crippen LogP contribution in [0.1, 0.15) is 31.8 Å². The van der Waals surface area contributed by atoms with Crippen molar-refractivity contribution < 1.29 is 23.8 Å². The van der Waals surface area contributed by atoms with E-state index in [9.17, 15) is 9.59 Å². The molecule has 1 aromatic heterocycles. The number of methoxy groups -OCH3 is 1. The van der Waals surface area contributed by atoms with Crippen molar-refractivity contribution in [2.75, 3.05) is 13.7 Å². The number of Topliss-reactive ketones (excluding diaryl/α,β-unsaturated/α-hetero) is 1. The van der Waals surface area contributed by atoms with E-state index in [0.717, 1.165) is 22.6 Å². The molecule has 0 spiro atoms. The molecule has 0 amide bonds. The highest BCUT2D eigenvalue weighted by Gasteiger charge is 2.29. The normalized spacial score (nSPS) is 13.2. The fourth-order valence-electron chi connectivity index (χ4n) is 4.11. The van der Waals surface area contributed by atoms with E-state index in [-0.39, 0.29) is 17.1 Å². The molecule has 4 aromatic rings. The minimum atomic E-state index is -0.518. The molecule has 0 N–H and O–H groups in total. The maximum absolute atomic E-state index is 13.2. The first-order valence-corrected chi connectivity index (χ1v) is 11.6. The highest BCUT2D eigenvalue weighted by Crippen LogP contribution is 2.35. The van der Waals surface area contributed by atoms with Crippen LogP contribution in [0.2, 0.25) is 0 Å². The second kappa shape index (κ2) is 9.99. The fraction of sp³-hybridized carbons (Fsp3) is 0.100. The average molecular weight is 493 g/mol. The molecule has 7 nitrogen and oxygen atoms in total. The van der Waals surface area contributed by atoms with Crippen LogP contribution >= 0.6 is 0 Å². The minimum Gasteiger partial charge on any atom is -0.489 e. The van der Waals surface area contributed by atoms with Crippen molar-refractivity contribution in [3.63, 3.8) is 0 Å². The summed E-state index contributed by atoms with van der Waals surface area (Å²) in [4.78, 5) is 25.1. The first kappa shape index (κ1) is 23.8. The molecule has 0 bridgehead atoms. The number of para-hydroxylation sites is 1. The van der Waals surface area contributed by atoms with Gasteiger partial charge < -0.3 is 14.2 Å². The zero-order valence-corrected chi connectivity index (χ0v) is 20.4. The van der Waals surface area contributed by atoms with E-state index in [1.54, 1.807) is 29.0 Å². The van der Waals surface area contributed by atoms with Crippen LogP contribution < -0.4 is 9.47 Å². The Kier molecular flexibility index (Phi) is 6.43. The van der Waals surface area contributed by atoms with Gasteiger partial charge in [0.05, 0.1) is 23.9 Å². The van der Waals surface area contributed by atoms with Gasteiger partial charge >= 0.3 is 5.97 Å². The van der Waals surface area contributed by atoms with Gasteiger partial charge in [0, 0.05) is 17.3 Å². The molecule has 1 aliphatic heterocycles. The Hall–Kier alpha value is -4.91. The summed E-state index contributed by atoms with van der Waals surface area (Å²) in [6.07, 6.45) is 5.23. The standard InChI is InChI=1S/C30H24N2O5/c1-4-14-36-25-12-10-20(15-19(25)2)28-22(18-32(31-28)23-8-6-5-7-9-23)17-27-29(33)24-16-21(30(34)35-3)11-13-26(24)37-27/h4-13,15-18H,1,14H2,2-3H3. The molecule has 3 aromatic carbocycles. The first-order chi connectivity index (χ1) is 18.0. The third kappa shape index (κ3) is 4.67. The number of hydrogen-bond acceptors (Lipinski definition) is 6. The van der Waals surface area contributed by atoms with Crippen molar-refractivity contribution in [2.45, 2.75) is 6.92 Å². The smallest absolute Gasteiger partial charge is 0.337 e. The predicted octanol–water partition coefficient (Wildman–Crippen LogP) is 5.82. The van der Waals surface area contributed by atoms with Gasteiger partial charge in [-0.25, -0.2) is 9.48 Å². The molecule has 0 saturated heterocycles. The molecule has 5 rings (SSSR count). The lowest BCUT2D eigenvalue weighted by atomic mass is 10.0. The summed E-state index contributed by atoms with van der Waals surface area (Å²) < 4.78 is 18.1. The Morgan fingerprint density at radius 1 is 1.11 bits per heavy atom. The highest BCUT2D eigenvalue weighted by molar-refractivity contribution is 6.15. The Morgan fingerprint density at radius 3 is 2.65 bits per heavy atom. The van der Waals surface area contributed by atoms with Crippen molar-refractivity contribution in [1.82, 2.24) is 9.78 Å². The molecule has 0 saturated carbocycles. The van der Waals surface area contributed by atoms with Crippen molar-refractivity contribution in [1.29, 1.82) is 0 Å². The number of carbonyl (C=O) groups is 2. The van der Waals surface area contributed by atoms with Gasteiger partial charge in [0.1, 0.15) is 23.8 Å². The number of nitrogens with zero attached hydrogens (tertiary/aromatic N) is 2. The zero-order chi connectivity index (χ0) is 25.9. The number of benzene rings is 3. The summed E-state index contributed by atoms with van der Waals surface area (Å²) >= 11 is 0. The second-order valence-corrected chi connectivity index (χ2v) is 8.44. The number of aromatic nitrogens is 2. The molecule has 0 atom stereocenters. The number of carbonyl (C=O) groups excluding carboxylic acids is 2. The van der Waals surface area contributed by atoms with Crippen molar-refractivity contribution >= 4 is 17.8 Å². The zero-order valence-electron chi connectivity index (χ0n) is 20.4. The number of allylic oxidation sites excluding steroid dienone is 1. The van der Waals surface area contributed by atoms with E-state index in [1.165, 1.54) is 13.2 Å². The fourth-order valence-corrected chi connectivity index (χ4v) is 4.11. The lowest BCUT2D eigenvalue weighted by molar-refractivity contribution is 0.0600. The number of rotatable bonds is 7. The largest absolute Gasteiger partial charge is 0.489 e. The van der Waals surface area contributed by atoms with Crippen LogP contribution in [-0.4, -0.2) is 35.2 Å². The molecule has 1 aliphatic rings. The van der Waals surface area contributed by atoms with Gasteiger partial charge in [-0.15, -0.1) is 0 Å². The monoisotopic (exact) mass is 492 g/mol. The quantitative estimate of drug-likeness (QED) is 0.184. The van der Waals surface area contributed by atoms with E-state index in [4.69, 9.17) is 19.3 Å². The van der Waals surface area contributed by atoms with Gasteiger partial charge in [-0.05, 0) is 67.1 Å². The summed E-state index contributed by atoms with van der Waals surface area (Å²) in [7, 11) is 1.30. The molecule has 0 fully saturated rings. The summed E-state index contributed by atoms with van der Waals surface area (Å²) in [5.74, 6) is 0.463. The van der Waals surface area contributed by atoms with Gasteiger partial charge in [-0.3, -0.25) is 4.79 Å². The van der Waals surface area contributed by atoms with E-state index in [0.29, 0.717) is 29.2 Å². The SMILES string of the molecule is C=CCOc1ccc(-c2nn(-c3ccccc3)cc2C=C2Oc3ccc(C(=O)OC)cc3C2=O)cc1C. The Balaban J connectivity index is 1.57. The maximum atomic E-state index is 13.2. The minimum absolute atomic E-state index is 0.147. The van der Waals surface area contributed by atoms with Gasteiger partial charge in [0.15, 0.2) is 5.76 Å². The van der Waals surface area contributed by atoms with Crippen LogP contribution in [0.25, 0.3) is 23.0 Å². The van der Waals surface area contributed by atoms with Crippen LogP contribution in [0.5, 0.6) is 11.5 Å². The molecule has 184 valence electrons. The predicted molar refractivity (Wildman–Crippen MR) is 140 cm³/mol. The number of ether oxygens (including phenoxy) is 3. The van der Waals surface area contributed by atoms with E-state index < -0.39 is 5.97 Å². The molecular weight excluding hydrogens is 468 g/mol. The maximum Gasteiger partial charge on any atom is 0.337 e. The number of esters is 1.